The molecule has 1 aliphatic heterocycles. The minimum absolute atomic E-state index is 0.0457. The van der Waals surface area contributed by atoms with Crippen LogP contribution in [0.15, 0.2) is 65.6 Å². The molecule has 1 aliphatic rings. The highest BCUT2D eigenvalue weighted by molar-refractivity contribution is 7.92. The number of sulfonamides is 1. The van der Waals surface area contributed by atoms with E-state index in [1.54, 1.807) is 6.07 Å². The Hall–Kier alpha value is -2.12. The number of hydrogen-bond acceptors (Lipinski definition) is 3. The van der Waals surface area contributed by atoms with Gasteiger partial charge in [-0.3, -0.25) is 9.62 Å². The fraction of sp³-hybridized carbons (Fsp3) is 0.143. The number of halogens is 3. The molecule has 3 aromatic rings. The van der Waals surface area contributed by atoms with Gasteiger partial charge < -0.3 is 0 Å². The second-order valence-corrected chi connectivity index (χ2v) is 9.39. The van der Waals surface area contributed by atoms with Gasteiger partial charge in [0.2, 0.25) is 0 Å². The van der Waals surface area contributed by atoms with E-state index in [1.165, 1.54) is 41.5 Å². The van der Waals surface area contributed by atoms with E-state index in [-0.39, 0.29) is 20.6 Å². The molecule has 0 aliphatic carbocycles. The Morgan fingerprint density at radius 3 is 2.28 bits per heavy atom. The Kier molecular flexibility index (Phi) is 5.53. The smallest absolute Gasteiger partial charge is 0.261 e. The Balaban J connectivity index is 1.59. The maximum Gasteiger partial charge on any atom is 0.261 e. The van der Waals surface area contributed by atoms with Crippen molar-refractivity contribution in [1.29, 1.82) is 0 Å². The van der Waals surface area contributed by atoms with E-state index in [2.05, 4.69) is 21.8 Å². The van der Waals surface area contributed by atoms with Crippen LogP contribution in [0.1, 0.15) is 16.7 Å². The molecule has 3 aromatic carbocycles. The molecule has 0 bridgehead atoms. The number of nitrogens with one attached hydrogen (secondary N) is 1. The molecular formula is C21H17Cl2FN2O2S. The van der Waals surface area contributed by atoms with Crippen molar-refractivity contribution in [3.05, 3.63) is 93.2 Å². The molecule has 0 radical (unpaired) electrons. The molecule has 4 rings (SSSR count). The first-order valence-corrected chi connectivity index (χ1v) is 11.1. The fourth-order valence-corrected chi connectivity index (χ4v) is 4.87. The van der Waals surface area contributed by atoms with Gasteiger partial charge in [0.05, 0.1) is 20.6 Å². The average Bonchev–Trinajstić information content (AvgIpc) is 3.08. The molecule has 0 atom stereocenters. The van der Waals surface area contributed by atoms with Gasteiger partial charge in [0, 0.05) is 19.6 Å². The summed E-state index contributed by atoms with van der Waals surface area (Å²) in [6.45, 7) is 1.99. The monoisotopic (exact) mass is 450 g/mol. The van der Waals surface area contributed by atoms with Crippen molar-refractivity contribution in [3.63, 3.8) is 0 Å². The van der Waals surface area contributed by atoms with E-state index >= 15 is 0 Å². The molecule has 4 nitrogen and oxygen atoms in total. The van der Waals surface area contributed by atoms with Crippen LogP contribution >= 0.6 is 23.2 Å². The molecule has 0 aromatic heterocycles. The SMILES string of the molecule is O=S(=O)(Nc1cc(F)ccc1CN1Cc2ccccc2C1)c1ccc(Cl)c(Cl)c1. The van der Waals surface area contributed by atoms with Gasteiger partial charge in [-0.25, -0.2) is 12.8 Å². The average molecular weight is 451 g/mol. The number of nitrogens with zero attached hydrogens (tertiary/aromatic N) is 1. The summed E-state index contributed by atoms with van der Waals surface area (Å²) >= 11 is 11.8. The van der Waals surface area contributed by atoms with Gasteiger partial charge in [0.1, 0.15) is 5.82 Å². The third-order valence-electron chi connectivity index (χ3n) is 4.82. The fourth-order valence-electron chi connectivity index (χ4n) is 3.39. The molecule has 0 unspecified atom stereocenters. The predicted octanol–water partition coefficient (Wildman–Crippen LogP) is 5.45. The van der Waals surface area contributed by atoms with Crippen molar-refractivity contribution in [2.75, 3.05) is 4.72 Å². The lowest BCUT2D eigenvalue weighted by Crippen LogP contribution is -2.19. The summed E-state index contributed by atoms with van der Waals surface area (Å²) in [7, 11) is -3.96. The van der Waals surface area contributed by atoms with Gasteiger partial charge in [-0.2, -0.15) is 0 Å². The molecule has 8 heteroatoms. The Labute approximate surface area is 178 Å². The van der Waals surface area contributed by atoms with Crippen molar-refractivity contribution >= 4 is 38.9 Å². The molecule has 0 saturated carbocycles. The number of benzene rings is 3. The normalized spacial score (nSPS) is 14.0. The van der Waals surface area contributed by atoms with Crippen LogP contribution in [0.2, 0.25) is 10.0 Å². The summed E-state index contributed by atoms with van der Waals surface area (Å²) in [4.78, 5) is 2.13. The standard InChI is InChI=1S/C21H17Cl2FN2O2S/c22-19-8-7-18(10-20(19)23)29(27,28)25-21-9-17(24)6-5-16(21)13-26-11-14-3-1-2-4-15(14)12-26/h1-10,25H,11-13H2. The molecule has 0 amide bonds. The van der Waals surface area contributed by atoms with Gasteiger partial charge >= 0.3 is 0 Å². The quantitative estimate of drug-likeness (QED) is 0.562. The molecule has 0 fully saturated rings. The van der Waals surface area contributed by atoms with Crippen LogP contribution in [0.4, 0.5) is 10.1 Å². The zero-order chi connectivity index (χ0) is 20.6. The maximum atomic E-state index is 13.9. The predicted molar refractivity (Wildman–Crippen MR) is 113 cm³/mol. The molecule has 1 N–H and O–H groups in total. The molecule has 0 spiro atoms. The lowest BCUT2D eigenvalue weighted by Gasteiger charge is -2.19. The Morgan fingerprint density at radius 1 is 0.931 bits per heavy atom. The number of fused-ring (bicyclic) bond motifs is 1. The maximum absolute atomic E-state index is 13.9. The lowest BCUT2D eigenvalue weighted by atomic mass is 10.1. The first-order valence-electron chi connectivity index (χ1n) is 8.87. The summed E-state index contributed by atoms with van der Waals surface area (Å²) in [5.41, 5.74) is 3.37. The zero-order valence-corrected chi connectivity index (χ0v) is 17.5. The van der Waals surface area contributed by atoms with Crippen molar-refractivity contribution in [2.24, 2.45) is 0 Å². The van der Waals surface area contributed by atoms with E-state index in [1.807, 2.05) is 12.1 Å². The Bertz CT molecular complexity index is 1160. The van der Waals surface area contributed by atoms with E-state index in [9.17, 15) is 12.8 Å². The highest BCUT2D eigenvalue weighted by Gasteiger charge is 2.22. The van der Waals surface area contributed by atoms with Crippen LogP contribution in [0.3, 0.4) is 0 Å². The lowest BCUT2D eigenvalue weighted by molar-refractivity contribution is 0.276. The largest absolute Gasteiger partial charge is 0.290 e. The second-order valence-electron chi connectivity index (χ2n) is 6.90. The van der Waals surface area contributed by atoms with Crippen LogP contribution in [0.5, 0.6) is 0 Å². The topological polar surface area (TPSA) is 49.4 Å². The van der Waals surface area contributed by atoms with Gasteiger partial charge in [-0.1, -0.05) is 53.5 Å². The van der Waals surface area contributed by atoms with Crippen molar-refractivity contribution in [1.82, 2.24) is 4.90 Å². The summed E-state index contributed by atoms with van der Waals surface area (Å²) in [6, 6.07) is 16.3. The van der Waals surface area contributed by atoms with Gasteiger partial charge in [0.25, 0.3) is 10.0 Å². The summed E-state index contributed by atoms with van der Waals surface area (Å²) in [6.07, 6.45) is 0. The second kappa shape index (κ2) is 7.95. The van der Waals surface area contributed by atoms with Crippen LogP contribution in [0.25, 0.3) is 0 Å². The highest BCUT2D eigenvalue weighted by atomic mass is 35.5. The highest BCUT2D eigenvalue weighted by Crippen LogP contribution is 2.29. The minimum atomic E-state index is -3.96. The van der Waals surface area contributed by atoms with Crippen molar-refractivity contribution in [3.8, 4) is 0 Å². The molecule has 0 saturated heterocycles. The molecular weight excluding hydrogens is 434 g/mol. The van der Waals surface area contributed by atoms with E-state index in [0.29, 0.717) is 12.1 Å². The third-order valence-corrected chi connectivity index (χ3v) is 6.92. The van der Waals surface area contributed by atoms with Crippen molar-refractivity contribution in [2.45, 2.75) is 24.5 Å². The van der Waals surface area contributed by atoms with Crippen LogP contribution < -0.4 is 4.72 Å². The minimum Gasteiger partial charge on any atom is -0.290 e. The van der Waals surface area contributed by atoms with Crippen LogP contribution in [-0.4, -0.2) is 13.3 Å². The zero-order valence-electron chi connectivity index (χ0n) is 15.2. The first-order chi connectivity index (χ1) is 13.8. The summed E-state index contributed by atoms with van der Waals surface area (Å²) in [5, 5.41) is 0.384. The first kappa shape index (κ1) is 20.2. The van der Waals surface area contributed by atoms with E-state index in [4.69, 9.17) is 23.2 Å². The molecule has 1 heterocycles. The van der Waals surface area contributed by atoms with Crippen molar-refractivity contribution < 1.29 is 12.8 Å². The van der Waals surface area contributed by atoms with Gasteiger partial charge in [-0.15, -0.1) is 0 Å². The van der Waals surface area contributed by atoms with Crippen LogP contribution in [0, 0.1) is 5.82 Å². The van der Waals surface area contributed by atoms with Gasteiger partial charge in [-0.05, 0) is 47.0 Å². The van der Waals surface area contributed by atoms with E-state index in [0.717, 1.165) is 13.1 Å². The summed E-state index contributed by atoms with van der Waals surface area (Å²) in [5.74, 6) is -0.523. The van der Waals surface area contributed by atoms with Gasteiger partial charge in [0.15, 0.2) is 0 Å². The van der Waals surface area contributed by atoms with E-state index < -0.39 is 15.8 Å². The number of hydrogen-bond donors (Lipinski definition) is 1. The number of anilines is 1. The summed E-state index contributed by atoms with van der Waals surface area (Å²) < 4.78 is 42.0. The Morgan fingerprint density at radius 2 is 1.62 bits per heavy atom. The number of rotatable bonds is 5. The molecule has 150 valence electrons. The molecule has 29 heavy (non-hydrogen) atoms. The van der Waals surface area contributed by atoms with Crippen LogP contribution in [-0.2, 0) is 29.7 Å². The third kappa shape index (κ3) is 4.41.